The van der Waals surface area contributed by atoms with Crippen molar-refractivity contribution in [3.8, 4) is 5.75 Å². The van der Waals surface area contributed by atoms with Gasteiger partial charge < -0.3 is 20.3 Å². The SMILES string of the molecule is COc1cc(N2CCN(C(=O)Cn3ncc4ccc(N)nc43)CC2)ccc1C. The number of nitrogens with two attached hydrogens (primary N) is 1. The van der Waals surface area contributed by atoms with Gasteiger partial charge >= 0.3 is 0 Å². The highest BCUT2D eigenvalue weighted by molar-refractivity contribution is 5.80. The summed E-state index contributed by atoms with van der Waals surface area (Å²) in [6.07, 6.45) is 1.71. The van der Waals surface area contributed by atoms with Gasteiger partial charge in [-0.3, -0.25) is 4.79 Å². The van der Waals surface area contributed by atoms with Gasteiger partial charge in [-0.1, -0.05) is 6.07 Å². The fourth-order valence-corrected chi connectivity index (χ4v) is 3.53. The maximum absolute atomic E-state index is 12.7. The number of aryl methyl sites for hydroxylation is 1. The molecule has 1 aliphatic rings. The largest absolute Gasteiger partial charge is 0.496 e. The van der Waals surface area contributed by atoms with Gasteiger partial charge in [0.25, 0.3) is 0 Å². The highest BCUT2D eigenvalue weighted by Gasteiger charge is 2.22. The molecular weight excluding hydrogens is 356 g/mol. The van der Waals surface area contributed by atoms with E-state index in [9.17, 15) is 4.79 Å². The lowest BCUT2D eigenvalue weighted by atomic mass is 10.1. The van der Waals surface area contributed by atoms with E-state index in [0.29, 0.717) is 24.6 Å². The van der Waals surface area contributed by atoms with Gasteiger partial charge in [0.05, 0.1) is 13.3 Å². The van der Waals surface area contributed by atoms with E-state index >= 15 is 0 Å². The Bertz CT molecular complexity index is 1010. The Morgan fingerprint density at radius 3 is 2.71 bits per heavy atom. The van der Waals surface area contributed by atoms with E-state index < -0.39 is 0 Å². The number of ether oxygens (including phenoxy) is 1. The molecule has 28 heavy (non-hydrogen) atoms. The first kappa shape index (κ1) is 18.1. The van der Waals surface area contributed by atoms with Crippen molar-refractivity contribution in [1.29, 1.82) is 0 Å². The number of benzene rings is 1. The summed E-state index contributed by atoms with van der Waals surface area (Å²) < 4.78 is 7.04. The maximum atomic E-state index is 12.7. The molecule has 1 amide bonds. The number of nitrogen functional groups attached to an aromatic ring is 1. The minimum atomic E-state index is 0.0374. The van der Waals surface area contributed by atoms with Crippen LogP contribution in [0.4, 0.5) is 11.5 Å². The Kier molecular flexibility index (Phi) is 4.77. The summed E-state index contributed by atoms with van der Waals surface area (Å²) in [4.78, 5) is 21.2. The molecule has 1 aromatic carbocycles. The number of carbonyl (C=O) groups is 1. The van der Waals surface area contributed by atoms with Crippen molar-refractivity contribution < 1.29 is 9.53 Å². The number of fused-ring (bicyclic) bond motifs is 1. The summed E-state index contributed by atoms with van der Waals surface area (Å²) in [6, 6.07) is 9.81. The summed E-state index contributed by atoms with van der Waals surface area (Å²) in [6.45, 7) is 5.10. The number of nitrogens with zero attached hydrogens (tertiary/aromatic N) is 5. The molecule has 0 atom stereocenters. The smallest absolute Gasteiger partial charge is 0.244 e. The summed E-state index contributed by atoms with van der Waals surface area (Å²) in [5.74, 6) is 1.34. The summed E-state index contributed by atoms with van der Waals surface area (Å²) in [7, 11) is 1.68. The average molecular weight is 380 g/mol. The van der Waals surface area contributed by atoms with Crippen molar-refractivity contribution in [2.45, 2.75) is 13.5 Å². The Balaban J connectivity index is 1.40. The van der Waals surface area contributed by atoms with Gasteiger partial charge in [-0.2, -0.15) is 5.10 Å². The molecule has 1 aliphatic heterocycles. The third-order valence-electron chi connectivity index (χ3n) is 5.18. The fourth-order valence-electron chi connectivity index (χ4n) is 3.53. The number of hydrogen-bond acceptors (Lipinski definition) is 6. The molecule has 2 aromatic heterocycles. The van der Waals surface area contributed by atoms with E-state index in [0.717, 1.165) is 35.5 Å². The normalized spacial score (nSPS) is 14.5. The van der Waals surface area contributed by atoms with Crippen molar-refractivity contribution in [2.24, 2.45) is 0 Å². The number of amides is 1. The van der Waals surface area contributed by atoms with E-state index in [1.165, 1.54) is 0 Å². The average Bonchev–Trinajstić information content (AvgIpc) is 3.10. The van der Waals surface area contributed by atoms with Crippen LogP contribution >= 0.6 is 0 Å². The topological polar surface area (TPSA) is 89.5 Å². The van der Waals surface area contributed by atoms with Gasteiger partial charge in [-0.25, -0.2) is 9.67 Å². The molecule has 0 unspecified atom stereocenters. The first-order valence-electron chi connectivity index (χ1n) is 9.30. The zero-order valence-electron chi connectivity index (χ0n) is 16.1. The van der Waals surface area contributed by atoms with Crippen LogP contribution in [0.5, 0.6) is 5.75 Å². The Morgan fingerprint density at radius 1 is 1.18 bits per heavy atom. The number of anilines is 2. The van der Waals surface area contributed by atoms with Crippen LogP contribution in [-0.2, 0) is 11.3 Å². The molecule has 4 rings (SSSR count). The number of piperazine rings is 1. The number of pyridine rings is 1. The number of rotatable bonds is 4. The van der Waals surface area contributed by atoms with E-state index in [2.05, 4.69) is 33.2 Å². The van der Waals surface area contributed by atoms with Crippen LogP contribution in [0.25, 0.3) is 11.0 Å². The second kappa shape index (κ2) is 7.38. The minimum Gasteiger partial charge on any atom is -0.496 e. The molecular formula is C20H24N6O2. The lowest BCUT2D eigenvalue weighted by Gasteiger charge is -2.36. The van der Waals surface area contributed by atoms with Crippen LogP contribution < -0.4 is 15.4 Å². The summed E-state index contributed by atoms with van der Waals surface area (Å²) in [5, 5.41) is 5.16. The minimum absolute atomic E-state index is 0.0374. The van der Waals surface area contributed by atoms with E-state index in [4.69, 9.17) is 10.5 Å². The van der Waals surface area contributed by atoms with Gasteiger partial charge in [0, 0.05) is 43.3 Å². The molecule has 0 bridgehead atoms. The molecule has 0 spiro atoms. The monoisotopic (exact) mass is 380 g/mol. The van der Waals surface area contributed by atoms with Crippen LogP contribution in [0, 0.1) is 6.92 Å². The van der Waals surface area contributed by atoms with Crippen molar-refractivity contribution in [1.82, 2.24) is 19.7 Å². The lowest BCUT2D eigenvalue weighted by molar-refractivity contribution is -0.132. The first-order valence-corrected chi connectivity index (χ1v) is 9.30. The molecule has 0 aliphatic carbocycles. The highest BCUT2D eigenvalue weighted by Crippen LogP contribution is 2.26. The number of methoxy groups -OCH3 is 1. The van der Waals surface area contributed by atoms with Crippen LogP contribution in [0.2, 0.25) is 0 Å². The molecule has 8 heteroatoms. The number of hydrogen-bond donors (Lipinski definition) is 1. The van der Waals surface area contributed by atoms with Crippen LogP contribution in [0.15, 0.2) is 36.5 Å². The molecule has 146 valence electrons. The van der Waals surface area contributed by atoms with Crippen molar-refractivity contribution in [2.75, 3.05) is 43.9 Å². The molecule has 0 radical (unpaired) electrons. The molecule has 1 fully saturated rings. The van der Waals surface area contributed by atoms with Crippen LogP contribution in [-0.4, -0.2) is 58.9 Å². The predicted octanol–water partition coefficient (Wildman–Crippen LogP) is 1.68. The molecule has 3 aromatic rings. The van der Waals surface area contributed by atoms with Crippen molar-refractivity contribution >= 4 is 28.4 Å². The summed E-state index contributed by atoms with van der Waals surface area (Å²) >= 11 is 0. The Hall–Kier alpha value is -3.29. The highest BCUT2D eigenvalue weighted by atomic mass is 16.5. The third kappa shape index (κ3) is 3.45. The Morgan fingerprint density at radius 2 is 1.96 bits per heavy atom. The standard InChI is InChI=1S/C20H24N6O2/c1-14-3-5-16(11-17(14)28-2)24-7-9-25(10-8-24)19(27)13-26-20-15(12-22-26)4-6-18(21)23-20/h3-6,11-12H,7-10,13H2,1-2H3,(H2,21,23). The molecule has 8 nitrogen and oxygen atoms in total. The summed E-state index contributed by atoms with van der Waals surface area (Å²) in [5.41, 5.74) is 8.63. The molecule has 0 saturated carbocycles. The van der Waals surface area contributed by atoms with Crippen LogP contribution in [0.3, 0.4) is 0 Å². The van der Waals surface area contributed by atoms with Gasteiger partial charge in [0.15, 0.2) is 5.65 Å². The molecule has 3 heterocycles. The predicted molar refractivity (Wildman–Crippen MR) is 108 cm³/mol. The van der Waals surface area contributed by atoms with Gasteiger partial charge in [-0.05, 0) is 30.7 Å². The zero-order valence-corrected chi connectivity index (χ0v) is 16.1. The van der Waals surface area contributed by atoms with Gasteiger partial charge in [0.2, 0.25) is 5.91 Å². The van der Waals surface area contributed by atoms with E-state index in [1.54, 1.807) is 24.1 Å². The molecule has 2 N–H and O–H groups in total. The van der Waals surface area contributed by atoms with E-state index in [1.807, 2.05) is 17.9 Å². The first-order chi connectivity index (χ1) is 13.5. The number of aromatic nitrogens is 3. The van der Waals surface area contributed by atoms with Crippen molar-refractivity contribution in [3.05, 3.63) is 42.1 Å². The fraction of sp³-hybridized carbons (Fsp3) is 0.350. The quantitative estimate of drug-likeness (QED) is 0.741. The number of carbonyl (C=O) groups excluding carboxylic acids is 1. The molecule has 1 saturated heterocycles. The van der Waals surface area contributed by atoms with E-state index in [-0.39, 0.29) is 12.5 Å². The van der Waals surface area contributed by atoms with Gasteiger partial charge in [-0.15, -0.1) is 0 Å². The second-order valence-corrected chi connectivity index (χ2v) is 6.97. The maximum Gasteiger partial charge on any atom is 0.244 e. The second-order valence-electron chi connectivity index (χ2n) is 6.97. The van der Waals surface area contributed by atoms with Crippen molar-refractivity contribution in [3.63, 3.8) is 0 Å². The third-order valence-corrected chi connectivity index (χ3v) is 5.18. The lowest BCUT2D eigenvalue weighted by Crippen LogP contribution is -2.49. The van der Waals surface area contributed by atoms with Crippen LogP contribution in [0.1, 0.15) is 5.56 Å². The van der Waals surface area contributed by atoms with Gasteiger partial charge in [0.1, 0.15) is 18.1 Å². The Labute approximate surface area is 163 Å². The zero-order chi connectivity index (χ0) is 19.7.